The van der Waals surface area contributed by atoms with Crippen LogP contribution in [0, 0.1) is 0 Å². The van der Waals surface area contributed by atoms with Gasteiger partial charge in [-0.15, -0.1) is 10.2 Å². The first-order chi connectivity index (χ1) is 12.7. The van der Waals surface area contributed by atoms with E-state index in [1.807, 2.05) is 12.1 Å². The van der Waals surface area contributed by atoms with Crippen LogP contribution in [0.1, 0.15) is 30.8 Å². The number of nitrogens with one attached hydrogen (secondary N) is 2. The first-order valence-electron chi connectivity index (χ1n) is 8.90. The zero-order chi connectivity index (χ0) is 18.8. The molecule has 0 aliphatic rings. The van der Waals surface area contributed by atoms with Gasteiger partial charge in [-0.2, -0.15) is 0 Å². The number of ether oxygens (including phenoxy) is 1. The molecule has 1 amide bonds. The number of anilines is 3. The molecule has 0 bridgehead atoms. The fourth-order valence-electron chi connectivity index (χ4n) is 2.52. The van der Waals surface area contributed by atoms with Crippen molar-refractivity contribution >= 4 is 23.1 Å². The van der Waals surface area contributed by atoms with Crippen molar-refractivity contribution in [3.63, 3.8) is 0 Å². The summed E-state index contributed by atoms with van der Waals surface area (Å²) in [4.78, 5) is 14.2. The van der Waals surface area contributed by atoms with Gasteiger partial charge in [0.05, 0.1) is 0 Å². The molecule has 140 valence electrons. The van der Waals surface area contributed by atoms with Crippen LogP contribution in [0.3, 0.4) is 0 Å². The summed E-state index contributed by atoms with van der Waals surface area (Å²) in [5.41, 5.74) is 2.41. The van der Waals surface area contributed by atoms with E-state index >= 15 is 0 Å². The van der Waals surface area contributed by atoms with Crippen molar-refractivity contribution in [2.24, 2.45) is 0 Å². The third-order valence-corrected chi connectivity index (χ3v) is 3.98. The smallest absolute Gasteiger partial charge is 0.271 e. The number of benzene rings is 1. The zero-order valence-electron chi connectivity index (χ0n) is 15.7. The molecule has 0 aliphatic carbocycles. The second-order valence-electron chi connectivity index (χ2n) is 5.75. The zero-order valence-corrected chi connectivity index (χ0v) is 15.7. The fraction of sp³-hybridized carbons (Fsp3) is 0.421. The molecule has 26 heavy (non-hydrogen) atoms. The van der Waals surface area contributed by atoms with Crippen LogP contribution in [0.2, 0.25) is 0 Å². The maximum absolute atomic E-state index is 12.0. The summed E-state index contributed by atoms with van der Waals surface area (Å²) in [6.07, 6.45) is 0.763. The second-order valence-corrected chi connectivity index (χ2v) is 5.75. The minimum Gasteiger partial charge on any atom is -0.385 e. The molecular formula is C19H27N5O2. The summed E-state index contributed by atoms with van der Waals surface area (Å²) in [6, 6.07) is 11.6. The van der Waals surface area contributed by atoms with Crippen LogP contribution in [0.15, 0.2) is 36.4 Å². The van der Waals surface area contributed by atoms with Crippen molar-refractivity contribution in [3.05, 3.63) is 42.1 Å². The largest absolute Gasteiger partial charge is 0.385 e. The molecule has 0 saturated heterocycles. The molecule has 0 radical (unpaired) electrons. The number of hydrogen-bond donors (Lipinski definition) is 2. The van der Waals surface area contributed by atoms with Gasteiger partial charge in [0.2, 0.25) is 0 Å². The van der Waals surface area contributed by atoms with Crippen LogP contribution in [-0.2, 0) is 4.74 Å². The molecule has 7 nitrogen and oxygen atoms in total. The maximum Gasteiger partial charge on any atom is 0.271 e. The molecule has 1 aromatic heterocycles. The number of carbonyl (C=O) groups excluding carboxylic acids is 1. The normalized spacial score (nSPS) is 10.4. The summed E-state index contributed by atoms with van der Waals surface area (Å²) in [5, 5.41) is 14.0. The van der Waals surface area contributed by atoms with Crippen LogP contribution in [-0.4, -0.2) is 49.5 Å². The average molecular weight is 357 g/mol. The van der Waals surface area contributed by atoms with Crippen LogP contribution in [0.25, 0.3) is 0 Å². The highest BCUT2D eigenvalue weighted by Crippen LogP contribution is 2.20. The molecule has 1 heterocycles. The summed E-state index contributed by atoms with van der Waals surface area (Å²) in [5.74, 6) is 0.361. The van der Waals surface area contributed by atoms with Gasteiger partial charge in [-0.1, -0.05) is 0 Å². The molecule has 2 N–H and O–H groups in total. The Morgan fingerprint density at radius 3 is 2.38 bits per heavy atom. The maximum atomic E-state index is 12.0. The van der Waals surface area contributed by atoms with E-state index in [1.54, 1.807) is 19.2 Å². The van der Waals surface area contributed by atoms with Crippen molar-refractivity contribution in [1.29, 1.82) is 0 Å². The van der Waals surface area contributed by atoms with Gasteiger partial charge in [0.25, 0.3) is 5.91 Å². The molecule has 0 unspecified atom stereocenters. The number of nitrogens with zero attached hydrogens (tertiary/aromatic N) is 3. The van der Waals surface area contributed by atoms with Crippen LogP contribution >= 0.6 is 0 Å². The quantitative estimate of drug-likeness (QED) is 0.637. The Morgan fingerprint density at radius 1 is 1.08 bits per heavy atom. The van der Waals surface area contributed by atoms with E-state index in [0.717, 1.165) is 25.2 Å². The molecule has 0 spiro atoms. The van der Waals surface area contributed by atoms with Crippen LogP contribution in [0.4, 0.5) is 17.2 Å². The molecule has 0 saturated carbocycles. The summed E-state index contributed by atoms with van der Waals surface area (Å²) >= 11 is 0. The molecule has 0 aliphatic heterocycles. The third kappa shape index (κ3) is 5.70. The fourth-order valence-corrected chi connectivity index (χ4v) is 2.52. The Morgan fingerprint density at radius 2 is 1.81 bits per heavy atom. The van der Waals surface area contributed by atoms with Crippen LogP contribution in [0.5, 0.6) is 0 Å². The monoisotopic (exact) mass is 357 g/mol. The van der Waals surface area contributed by atoms with E-state index in [1.165, 1.54) is 5.69 Å². The topological polar surface area (TPSA) is 79.4 Å². The van der Waals surface area contributed by atoms with Gasteiger partial charge in [-0.05, 0) is 56.7 Å². The van der Waals surface area contributed by atoms with Gasteiger partial charge in [0.1, 0.15) is 0 Å². The summed E-state index contributed by atoms with van der Waals surface area (Å²) < 4.78 is 4.94. The number of carbonyl (C=O) groups is 1. The van der Waals surface area contributed by atoms with E-state index in [2.05, 4.69) is 51.7 Å². The van der Waals surface area contributed by atoms with Crippen molar-refractivity contribution in [2.45, 2.75) is 20.3 Å². The van der Waals surface area contributed by atoms with Gasteiger partial charge < -0.3 is 20.3 Å². The lowest BCUT2D eigenvalue weighted by Gasteiger charge is -2.21. The number of methoxy groups -OCH3 is 1. The summed E-state index contributed by atoms with van der Waals surface area (Å²) in [7, 11) is 1.64. The summed E-state index contributed by atoms with van der Waals surface area (Å²) in [6.45, 7) is 7.39. The number of amides is 1. The van der Waals surface area contributed by atoms with Crippen molar-refractivity contribution in [1.82, 2.24) is 15.5 Å². The lowest BCUT2D eigenvalue weighted by molar-refractivity contribution is 0.0942. The minimum absolute atomic E-state index is 0.233. The third-order valence-electron chi connectivity index (χ3n) is 3.98. The molecule has 0 fully saturated rings. The highest BCUT2D eigenvalue weighted by atomic mass is 16.5. The predicted molar refractivity (Wildman–Crippen MR) is 104 cm³/mol. The first kappa shape index (κ1) is 19.7. The van der Waals surface area contributed by atoms with E-state index in [0.29, 0.717) is 24.7 Å². The predicted octanol–water partition coefficient (Wildman–Crippen LogP) is 2.83. The molecule has 2 aromatic rings. The van der Waals surface area contributed by atoms with Crippen LogP contribution < -0.4 is 15.5 Å². The van der Waals surface area contributed by atoms with Gasteiger partial charge in [0, 0.05) is 44.7 Å². The van der Waals surface area contributed by atoms with E-state index in [-0.39, 0.29) is 5.91 Å². The molecule has 7 heteroatoms. The van der Waals surface area contributed by atoms with Crippen molar-refractivity contribution in [2.75, 3.05) is 43.6 Å². The highest BCUT2D eigenvalue weighted by molar-refractivity contribution is 5.92. The Kier molecular flexibility index (Phi) is 7.82. The SMILES string of the molecule is CCN(CC)c1ccc(Nc2ccc(C(=O)NCCCOC)nn2)cc1. The van der Waals surface area contributed by atoms with Crippen molar-refractivity contribution < 1.29 is 9.53 Å². The van der Waals surface area contributed by atoms with Gasteiger partial charge in [-0.3, -0.25) is 4.79 Å². The Hall–Kier alpha value is -2.67. The van der Waals surface area contributed by atoms with Crippen molar-refractivity contribution in [3.8, 4) is 0 Å². The molecular weight excluding hydrogens is 330 g/mol. The van der Waals surface area contributed by atoms with E-state index in [4.69, 9.17) is 4.74 Å². The first-order valence-corrected chi connectivity index (χ1v) is 8.90. The number of aromatic nitrogens is 2. The lowest BCUT2D eigenvalue weighted by Crippen LogP contribution is -2.26. The van der Waals surface area contributed by atoms with Gasteiger partial charge in [0.15, 0.2) is 11.5 Å². The number of hydrogen-bond acceptors (Lipinski definition) is 6. The Labute approximate surface area is 154 Å². The average Bonchev–Trinajstić information content (AvgIpc) is 2.68. The van der Waals surface area contributed by atoms with E-state index in [9.17, 15) is 4.79 Å². The van der Waals surface area contributed by atoms with Gasteiger partial charge in [-0.25, -0.2) is 0 Å². The Balaban J connectivity index is 1.91. The molecule has 0 atom stereocenters. The minimum atomic E-state index is -0.233. The van der Waals surface area contributed by atoms with E-state index < -0.39 is 0 Å². The Bertz CT molecular complexity index is 669. The second kappa shape index (κ2) is 10.4. The lowest BCUT2D eigenvalue weighted by atomic mass is 10.2. The number of rotatable bonds is 10. The van der Waals surface area contributed by atoms with Gasteiger partial charge >= 0.3 is 0 Å². The molecule has 1 aromatic carbocycles. The standard InChI is InChI=1S/C19H27N5O2/c1-4-24(5-2)16-9-7-15(8-10-16)21-18-12-11-17(22-23-18)19(25)20-13-6-14-26-3/h7-12H,4-6,13-14H2,1-3H3,(H,20,25)(H,21,23). The highest BCUT2D eigenvalue weighted by Gasteiger charge is 2.08. The molecule has 2 rings (SSSR count).